The van der Waals surface area contributed by atoms with Gasteiger partial charge in [0.2, 0.25) is 5.91 Å². The summed E-state index contributed by atoms with van der Waals surface area (Å²) in [6.07, 6.45) is 0.954. The number of amides is 1. The van der Waals surface area contributed by atoms with Gasteiger partial charge in [0.15, 0.2) is 0 Å². The summed E-state index contributed by atoms with van der Waals surface area (Å²) in [5.74, 6) is 0.763. The van der Waals surface area contributed by atoms with Crippen molar-refractivity contribution in [2.75, 3.05) is 18.5 Å². The van der Waals surface area contributed by atoms with E-state index in [1.807, 2.05) is 19.1 Å². The van der Waals surface area contributed by atoms with Crippen molar-refractivity contribution in [2.45, 2.75) is 26.3 Å². The second-order valence-electron chi connectivity index (χ2n) is 4.20. The van der Waals surface area contributed by atoms with Gasteiger partial charge in [-0.3, -0.25) is 4.79 Å². The first-order valence-electron chi connectivity index (χ1n) is 6.17. The van der Waals surface area contributed by atoms with E-state index in [0.717, 1.165) is 34.4 Å². The SMILES string of the molecule is CCCOc1cc2c(cc1Br)C(NCC)C(=O)N2. The minimum atomic E-state index is -0.262. The van der Waals surface area contributed by atoms with Gasteiger partial charge >= 0.3 is 0 Å². The van der Waals surface area contributed by atoms with E-state index >= 15 is 0 Å². The number of ether oxygens (including phenoxy) is 1. The van der Waals surface area contributed by atoms with Gasteiger partial charge in [-0.15, -0.1) is 0 Å². The van der Waals surface area contributed by atoms with E-state index < -0.39 is 0 Å². The van der Waals surface area contributed by atoms with Crippen LogP contribution in [0.5, 0.6) is 5.75 Å². The lowest BCUT2D eigenvalue weighted by Crippen LogP contribution is -2.27. The average molecular weight is 313 g/mol. The Morgan fingerprint density at radius 2 is 2.22 bits per heavy atom. The van der Waals surface area contributed by atoms with Gasteiger partial charge in [0.25, 0.3) is 0 Å². The normalized spacial score (nSPS) is 17.5. The maximum Gasteiger partial charge on any atom is 0.246 e. The zero-order valence-corrected chi connectivity index (χ0v) is 12.1. The van der Waals surface area contributed by atoms with Crippen molar-refractivity contribution in [2.24, 2.45) is 0 Å². The van der Waals surface area contributed by atoms with Crippen molar-refractivity contribution >= 4 is 27.5 Å². The molecule has 5 heteroatoms. The number of carbonyl (C=O) groups is 1. The van der Waals surface area contributed by atoms with Crippen LogP contribution < -0.4 is 15.4 Å². The lowest BCUT2D eigenvalue weighted by molar-refractivity contribution is -0.117. The van der Waals surface area contributed by atoms with Crippen LogP contribution in [0, 0.1) is 0 Å². The maximum atomic E-state index is 11.8. The molecule has 2 rings (SSSR count). The summed E-state index contributed by atoms with van der Waals surface area (Å²) in [5, 5.41) is 6.04. The molecule has 1 aliphatic rings. The van der Waals surface area contributed by atoms with E-state index in [2.05, 4.69) is 33.5 Å². The fraction of sp³-hybridized carbons (Fsp3) is 0.462. The van der Waals surface area contributed by atoms with Gasteiger partial charge < -0.3 is 15.4 Å². The molecule has 98 valence electrons. The molecule has 0 saturated heterocycles. The smallest absolute Gasteiger partial charge is 0.246 e. The monoisotopic (exact) mass is 312 g/mol. The first-order valence-corrected chi connectivity index (χ1v) is 6.97. The zero-order valence-electron chi connectivity index (χ0n) is 10.5. The van der Waals surface area contributed by atoms with Crippen LogP contribution in [0.4, 0.5) is 5.69 Å². The van der Waals surface area contributed by atoms with Crippen molar-refractivity contribution in [3.05, 3.63) is 22.2 Å². The molecule has 0 radical (unpaired) electrons. The molecule has 1 unspecified atom stereocenters. The van der Waals surface area contributed by atoms with E-state index in [-0.39, 0.29) is 11.9 Å². The van der Waals surface area contributed by atoms with E-state index in [1.165, 1.54) is 0 Å². The topological polar surface area (TPSA) is 50.4 Å². The quantitative estimate of drug-likeness (QED) is 0.879. The number of hydrogen-bond acceptors (Lipinski definition) is 3. The van der Waals surface area contributed by atoms with Crippen molar-refractivity contribution in [3.8, 4) is 5.75 Å². The summed E-state index contributed by atoms with van der Waals surface area (Å²) in [7, 11) is 0. The van der Waals surface area contributed by atoms with Crippen LogP contribution in [0.1, 0.15) is 31.9 Å². The molecule has 18 heavy (non-hydrogen) atoms. The van der Waals surface area contributed by atoms with Gasteiger partial charge in [0, 0.05) is 17.3 Å². The molecule has 0 spiro atoms. The molecule has 0 saturated carbocycles. The van der Waals surface area contributed by atoms with Crippen LogP contribution in [-0.2, 0) is 4.79 Å². The lowest BCUT2D eigenvalue weighted by Gasteiger charge is -2.12. The van der Waals surface area contributed by atoms with Gasteiger partial charge in [-0.25, -0.2) is 0 Å². The summed E-state index contributed by atoms with van der Waals surface area (Å²) in [5.41, 5.74) is 1.80. The third-order valence-electron chi connectivity index (χ3n) is 2.81. The Morgan fingerprint density at radius 1 is 1.44 bits per heavy atom. The molecule has 1 atom stereocenters. The number of carbonyl (C=O) groups excluding carboxylic acids is 1. The lowest BCUT2D eigenvalue weighted by atomic mass is 10.1. The molecule has 1 heterocycles. The van der Waals surface area contributed by atoms with E-state index in [9.17, 15) is 4.79 Å². The molecule has 0 fully saturated rings. The number of anilines is 1. The number of halogens is 1. The highest BCUT2D eigenvalue weighted by molar-refractivity contribution is 9.10. The fourth-order valence-electron chi connectivity index (χ4n) is 1.99. The molecule has 0 aromatic heterocycles. The highest BCUT2D eigenvalue weighted by Crippen LogP contribution is 2.38. The van der Waals surface area contributed by atoms with E-state index in [4.69, 9.17) is 4.74 Å². The van der Waals surface area contributed by atoms with Gasteiger partial charge in [-0.1, -0.05) is 13.8 Å². The summed E-state index contributed by atoms with van der Waals surface area (Å²) in [6, 6.07) is 3.57. The standard InChI is InChI=1S/C13H17BrN2O2/c1-3-5-18-11-7-10-8(6-9(11)14)12(15-4-2)13(17)16-10/h6-7,12,15H,3-5H2,1-2H3,(H,16,17). The van der Waals surface area contributed by atoms with Crippen molar-refractivity contribution in [1.29, 1.82) is 0 Å². The Morgan fingerprint density at radius 3 is 2.89 bits per heavy atom. The Hall–Kier alpha value is -1.07. The molecule has 1 aromatic carbocycles. The molecule has 2 N–H and O–H groups in total. The molecule has 1 aliphatic heterocycles. The minimum Gasteiger partial charge on any atom is -0.492 e. The minimum absolute atomic E-state index is 0.00797. The Labute approximate surface area is 115 Å². The Bertz CT molecular complexity index is 463. The fourth-order valence-corrected chi connectivity index (χ4v) is 2.47. The van der Waals surface area contributed by atoms with Gasteiger partial charge in [0.1, 0.15) is 11.8 Å². The van der Waals surface area contributed by atoms with Crippen LogP contribution in [0.15, 0.2) is 16.6 Å². The summed E-state index contributed by atoms with van der Waals surface area (Å²) in [6.45, 7) is 5.47. The predicted molar refractivity (Wildman–Crippen MR) is 75.0 cm³/mol. The van der Waals surface area contributed by atoms with Crippen LogP contribution in [0.2, 0.25) is 0 Å². The Kier molecular flexibility index (Phi) is 4.24. The highest BCUT2D eigenvalue weighted by atomic mass is 79.9. The molecular weight excluding hydrogens is 296 g/mol. The van der Waals surface area contributed by atoms with E-state index in [0.29, 0.717) is 6.61 Å². The Balaban J connectivity index is 2.29. The number of benzene rings is 1. The predicted octanol–water partition coefficient (Wildman–Crippen LogP) is 2.84. The summed E-state index contributed by atoms with van der Waals surface area (Å²) < 4.78 is 6.51. The highest BCUT2D eigenvalue weighted by Gasteiger charge is 2.30. The number of hydrogen-bond donors (Lipinski definition) is 2. The van der Waals surface area contributed by atoms with Crippen LogP contribution >= 0.6 is 15.9 Å². The maximum absolute atomic E-state index is 11.8. The molecule has 0 bridgehead atoms. The molecule has 1 amide bonds. The zero-order chi connectivity index (χ0) is 13.1. The molecule has 0 aliphatic carbocycles. The van der Waals surface area contributed by atoms with E-state index in [1.54, 1.807) is 0 Å². The third kappa shape index (κ3) is 2.52. The largest absolute Gasteiger partial charge is 0.492 e. The summed E-state index contributed by atoms with van der Waals surface area (Å²) >= 11 is 3.49. The van der Waals surface area contributed by atoms with Crippen LogP contribution in [0.3, 0.4) is 0 Å². The third-order valence-corrected chi connectivity index (χ3v) is 3.42. The molecular formula is C13H17BrN2O2. The number of nitrogens with one attached hydrogen (secondary N) is 2. The van der Waals surface area contributed by atoms with Gasteiger partial charge in [-0.2, -0.15) is 0 Å². The molecule has 4 nitrogen and oxygen atoms in total. The average Bonchev–Trinajstić information content (AvgIpc) is 2.64. The summed E-state index contributed by atoms with van der Waals surface area (Å²) in [4.78, 5) is 11.8. The first-order chi connectivity index (χ1) is 8.67. The van der Waals surface area contributed by atoms with Crippen LogP contribution in [0.25, 0.3) is 0 Å². The second kappa shape index (κ2) is 5.71. The second-order valence-corrected chi connectivity index (χ2v) is 5.05. The molecule has 1 aromatic rings. The first kappa shape index (κ1) is 13.4. The van der Waals surface area contributed by atoms with Gasteiger partial charge in [0.05, 0.1) is 11.1 Å². The number of fused-ring (bicyclic) bond motifs is 1. The van der Waals surface area contributed by atoms with Crippen molar-refractivity contribution in [3.63, 3.8) is 0 Å². The van der Waals surface area contributed by atoms with Crippen molar-refractivity contribution < 1.29 is 9.53 Å². The van der Waals surface area contributed by atoms with Crippen LogP contribution in [-0.4, -0.2) is 19.1 Å². The number of rotatable bonds is 5. The van der Waals surface area contributed by atoms with Gasteiger partial charge in [-0.05, 0) is 35.0 Å². The number of likely N-dealkylation sites (N-methyl/N-ethyl adjacent to an activating group) is 1. The van der Waals surface area contributed by atoms with Crippen molar-refractivity contribution in [1.82, 2.24) is 5.32 Å².